The molecule has 0 bridgehead atoms. The first-order chi connectivity index (χ1) is 9.04. The molecule has 0 saturated heterocycles. The lowest BCUT2D eigenvalue weighted by Gasteiger charge is -1.97. The van der Waals surface area contributed by atoms with E-state index >= 15 is 0 Å². The summed E-state index contributed by atoms with van der Waals surface area (Å²) in [5, 5.41) is 3.81. The van der Waals surface area contributed by atoms with Crippen molar-refractivity contribution in [3.05, 3.63) is 30.2 Å². The maximum atomic E-state index is 5.52. The van der Waals surface area contributed by atoms with E-state index in [-0.39, 0.29) is 11.9 Å². The average Bonchev–Trinajstić information content (AvgIpc) is 2.75. The van der Waals surface area contributed by atoms with Crippen LogP contribution in [0.25, 0.3) is 11.4 Å². The third-order valence-electron chi connectivity index (χ3n) is 2.14. The molecular weight excluding hydrogens is 246 g/mol. The molecule has 1 aromatic carbocycles. The van der Waals surface area contributed by atoms with Crippen LogP contribution >= 0.6 is 0 Å². The zero-order valence-electron chi connectivity index (χ0n) is 10.2. The monoisotopic (exact) mass is 259 g/mol. The SMILES string of the molecule is Cc1nc(-c2ccc(N=C(N)N=C(N)N)cc2)no1. The van der Waals surface area contributed by atoms with Crippen molar-refractivity contribution in [1.29, 1.82) is 0 Å². The molecular formula is C11H13N7O. The Morgan fingerprint density at radius 2 is 1.84 bits per heavy atom. The summed E-state index contributed by atoms with van der Waals surface area (Å²) in [6, 6.07) is 7.09. The summed E-state index contributed by atoms with van der Waals surface area (Å²) in [5.41, 5.74) is 17.3. The Bertz CT molecular complexity index is 623. The summed E-state index contributed by atoms with van der Waals surface area (Å²) in [4.78, 5) is 11.8. The summed E-state index contributed by atoms with van der Waals surface area (Å²) >= 11 is 0. The summed E-state index contributed by atoms with van der Waals surface area (Å²) in [5.74, 6) is 0.877. The van der Waals surface area contributed by atoms with Crippen LogP contribution in [0.2, 0.25) is 0 Å². The molecule has 0 atom stereocenters. The summed E-state index contributed by atoms with van der Waals surface area (Å²) in [6.45, 7) is 1.73. The first kappa shape index (κ1) is 12.6. The van der Waals surface area contributed by atoms with E-state index in [1.54, 1.807) is 31.2 Å². The molecule has 2 rings (SSSR count). The third-order valence-corrected chi connectivity index (χ3v) is 2.14. The van der Waals surface area contributed by atoms with Crippen LogP contribution in [0.15, 0.2) is 38.8 Å². The fraction of sp³-hybridized carbons (Fsp3) is 0.0909. The highest BCUT2D eigenvalue weighted by atomic mass is 16.5. The van der Waals surface area contributed by atoms with Gasteiger partial charge in [0.2, 0.25) is 17.7 Å². The summed E-state index contributed by atoms with van der Waals surface area (Å²) < 4.78 is 4.90. The Hall–Kier alpha value is -2.90. The number of hydrogen-bond donors (Lipinski definition) is 3. The predicted octanol–water partition coefficient (Wildman–Crippen LogP) is 0.265. The van der Waals surface area contributed by atoms with Crippen molar-refractivity contribution in [2.75, 3.05) is 0 Å². The molecule has 19 heavy (non-hydrogen) atoms. The second kappa shape index (κ2) is 5.17. The van der Waals surface area contributed by atoms with Crippen LogP contribution in [0.1, 0.15) is 5.89 Å². The van der Waals surface area contributed by atoms with Crippen LogP contribution in [0.3, 0.4) is 0 Å². The number of aryl methyl sites for hydroxylation is 1. The van der Waals surface area contributed by atoms with Crippen molar-refractivity contribution < 1.29 is 4.52 Å². The normalized spacial score (nSPS) is 11.3. The van der Waals surface area contributed by atoms with E-state index in [9.17, 15) is 0 Å². The standard InChI is InChI=1S/C11H13N7O/c1-6-15-9(18-19-6)7-2-4-8(5-3-7)16-11(14)17-10(12)13/h2-5H,1H3,(H6,12,13,14,16,17). The Labute approximate surface area is 109 Å². The van der Waals surface area contributed by atoms with Gasteiger partial charge in [0.15, 0.2) is 5.96 Å². The van der Waals surface area contributed by atoms with Crippen LogP contribution in [-0.2, 0) is 0 Å². The van der Waals surface area contributed by atoms with Crippen molar-refractivity contribution in [3.8, 4) is 11.4 Å². The molecule has 1 aromatic heterocycles. The molecule has 0 spiro atoms. The van der Waals surface area contributed by atoms with Crippen molar-refractivity contribution in [2.24, 2.45) is 27.2 Å². The number of nitrogens with zero attached hydrogens (tertiary/aromatic N) is 4. The highest BCUT2D eigenvalue weighted by Gasteiger charge is 2.05. The van der Waals surface area contributed by atoms with Gasteiger partial charge < -0.3 is 21.7 Å². The van der Waals surface area contributed by atoms with Gasteiger partial charge in [-0.15, -0.1) is 0 Å². The molecule has 2 aromatic rings. The molecule has 0 aliphatic rings. The Kier molecular flexibility index (Phi) is 3.42. The van der Waals surface area contributed by atoms with Crippen LogP contribution in [0.4, 0.5) is 5.69 Å². The molecule has 0 saturated carbocycles. The van der Waals surface area contributed by atoms with Gasteiger partial charge in [-0.05, 0) is 24.3 Å². The van der Waals surface area contributed by atoms with Crippen molar-refractivity contribution in [2.45, 2.75) is 6.92 Å². The minimum atomic E-state index is -0.139. The number of nitrogens with two attached hydrogens (primary N) is 3. The number of rotatable bonds is 2. The zero-order chi connectivity index (χ0) is 13.8. The van der Waals surface area contributed by atoms with Gasteiger partial charge in [0.25, 0.3) is 0 Å². The molecule has 0 unspecified atom stereocenters. The van der Waals surface area contributed by atoms with E-state index < -0.39 is 0 Å². The molecule has 1 heterocycles. The second-order valence-corrected chi connectivity index (χ2v) is 3.69. The van der Waals surface area contributed by atoms with E-state index in [0.29, 0.717) is 17.4 Å². The molecule has 98 valence electrons. The molecule has 0 radical (unpaired) electrons. The smallest absolute Gasteiger partial charge is 0.223 e. The maximum Gasteiger partial charge on any atom is 0.223 e. The average molecular weight is 259 g/mol. The Balaban J connectivity index is 2.22. The van der Waals surface area contributed by atoms with Crippen LogP contribution in [0, 0.1) is 6.92 Å². The largest absolute Gasteiger partial charge is 0.370 e. The number of aliphatic imine (C=N–C) groups is 2. The first-order valence-corrected chi connectivity index (χ1v) is 5.39. The molecule has 0 amide bonds. The van der Waals surface area contributed by atoms with Crippen molar-refractivity contribution in [3.63, 3.8) is 0 Å². The summed E-state index contributed by atoms with van der Waals surface area (Å²) in [6.07, 6.45) is 0. The fourth-order valence-electron chi connectivity index (χ4n) is 1.39. The van der Waals surface area contributed by atoms with Gasteiger partial charge in [-0.25, -0.2) is 4.99 Å². The summed E-state index contributed by atoms with van der Waals surface area (Å²) in [7, 11) is 0. The quantitative estimate of drug-likeness (QED) is 0.521. The highest BCUT2D eigenvalue weighted by molar-refractivity contribution is 5.93. The van der Waals surface area contributed by atoms with Crippen LogP contribution < -0.4 is 17.2 Å². The van der Waals surface area contributed by atoms with Crippen molar-refractivity contribution in [1.82, 2.24) is 10.1 Å². The number of hydrogen-bond acceptors (Lipinski definition) is 4. The number of guanidine groups is 2. The molecule has 0 fully saturated rings. The number of benzene rings is 1. The highest BCUT2D eigenvalue weighted by Crippen LogP contribution is 2.20. The topological polar surface area (TPSA) is 142 Å². The van der Waals surface area contributed by atoms with Gasteiger partial charge in [-0.2, -0.15) is 9.98 Å². The van der Waals surface area contributed by atoms with E-state index in [1.807, 2.05) is 0 Å². The molecule has 8 nitrogen and oxygen atoms in total. The Morgan fingerprint density at radius 1 is 1.16 bits per heavy atom. The molecule has 6 N–H and O–H groups in total. The van der Waals surface area contributed by atoms with Gasteiger partial charge in [0.05, 0.1) is 5.69 Å². The lowest BCUT2D eigenvalue weighted by atomic mass is 10.2. The molecule has 8 heteroatoms. The number of aromatic nitrogens is 2. The molecule has 0 aliphatic heterocycles. The van der Waals surface area contributed by atoms with Gasteiger partial charge in [-0.1, -0.05) is 5.16 Å². The van der Waals surface area contributed by atoms with Gasteiger partial charge >= 0.3 is 0 Å². The van der Waals surface area contributed by atoms with Gasteiger partial charge in [0.1, 0.15) is 0 Å². The van der Waals surface area contributed by atoms with E-state index in [0.717, 1.165) is 5.56 Å². The van der Waals surface area contributed by atoms with Crippen LogP contribution in [0.5, 0.6) is 0 Å². The minimum absolute atomic E-state index is 0.0110. The van der Waals surface area contributed by atoms with Crippen molar-refractivity contribution >= 4 is 17.6 Å². The third kappa shape index (κ3) is 3.28. The second-order valence-electron chi connectivity index (χ2n) is 3.69. The maximum absolute atomic E-state index is 5.52. The fourth-order valence-corrected chi connectivity index (χ4v) is 1.39. The Morgan fingerprint density at radius 3 is 2.37 bits per heavy atom. The van der Waals surface area contributed by atoms with Gasteiger partial charge in [0, 0.05) is 12.5 Å². The van der Waals surface area contributed by atoms with Crippen LogP contribution in [-0.4, -0.2) is 22.1 Å². The van der Waals surface area contributed by atoms with Gasteiger partial charge in [-0.3, -0.25) is 0 Å². The van der Waals surface area contributed by atoms with E-state index in [4.69, 9.17) is 21.7 Å². The first-order valence-electron chi connectivity index (χ1n) is 5.39. The molecule has 0 aliphatic carbocycles. The lowest BCUT2D eigenvalue weighted by molar-refractivity contribution is 0.394. The predicted molar refractivity (Wildman–Crippen MR) is 71.6 cm³/mol. The van der Waals surface area contributed by atoms with E-state index in [2.05, 4.69) is 20.1 Å². The van der Waals surface area contributed by atoms with E-state index in [1.165, 1.54) is 0 Å². The lowest BCUT2D eigenvalue weighted by Crippen LogP contribution is -2.26. The zero-order valence-corrected chi connectivity index (χ0v) is 10.2. The minimum Gasteiger partial charge on any atom is -0.370 e.